The highest BCUT2D eigenvalue weighted by Crippen LogP contribution is 2.29. The standard InChI is InChI=1S/C27H27N3/c1-3-7-21(8-4-1)20-30-17-15-25(16-18-30)27-28-19-26(29-27)24-13-11-23(12-14-24)22-9-5-2-6-10-22/h1-14,19,25H,15-18,20H2,(H,28,29). The number of nitrogens with one attached hydrogen (secondary N) is 1. The van der Waals surface area contributed by atoms with Gasteiger partial charge in [-0.05, 0) is 42.6 Å². The molecule has 1 N–H and O–H groups in total. The van der Waals surface area contributed by atoms with Crippen LogP contribution < -0.4 is 0 Å². The molecule has 0 amide bonds. The van der Waals surface area contributed by atoms with Crippen molar-refractivity contribution in [2.24, 2.45) is 0 Å². The maximum atomic E-state index is 4.94. The Kier molecular flexibility index (Phi) is 5.45. The van der Waals surface area contributed by atoms with E-state index in [0.717, 1.165) is 44.0 Å². The third kappa shape index (κ3) is 4.22. The predicted molar refractivity (Wildman–Crippen MR) is 123 cm³/mol. The number of imidazole rings is 1. The van der Waals surface area contributed by atoms with Gasteiger partial charge in [-0.2, -0.15) is 0 Å². The van der Waals surface area contributed by atoms with Crippen molar-refractivity contribution in [2.45, 2.75) is 25.3 Å². The Morgan fingerprint density at radius 1 is 0.733 bits per heavy atom. The number of piperidine rings is 1. The van der Waals surface area contributed by atoms with Gasteiger partial charge >= 0.3 is 0 Å². The lowest BCUT2D eigenvalue weighted by atomic mass is 9.96. The maximum Gasteiger partial charge on any atom is 0.110 e. The van der Waals surface area contributed by atoms with Gasteiger partial charge in [0.15, 0.2) is 0 Å². The molecule has 0 unspecified atom stereocenters. The molecule has 1 aliphatic rings. The van der Waals surface area contributed by atoms with E-state index in [1.54, 1.807) is 0 Å². The Bertz CT molecular complexity index is 1060. The second-order valence-corrected chi connectivity index (χ2v) is 8.15. The Morgan fingerprint density at radius 2 is 1.33 bits per heavy atom. The molecule has 4 aromatic rings. The van der Waals surface area contributed by atoms with Gasteiger partial charge in [-0.1, -0.05) is 84.9 Å². The van der Waals surface area contributed by atoms with Crippen LogP contribution in [0.15, 0.2) is 91.1 Å². The highest BCUT2D eigenvalue weighted by atomic mass is 15.1. The summed E-state index contributed by atoms with van der Waals surface area (Å²) >= 11 is 0. The van der Waals surface area contributed by atoms with Crippen molar-refractivity contribution >= 4 is 0 Å². The fourth-order valence-corrected chi connectivity index (χ4v) is 4.36. The van der Waals surface area contributed by atoms with E-state index in [1.807, 2.05) is 0 Å². The zero-order valence-corrected chi connectivity index (χ0v) is 17.2. The summed E-state index contributed by atoms with van der Waals surface area (Å²) < 4.78 is 0. The average Bonchev–Trinajstić information content (AvgIpc) is 3.31. The van der Waals surface area contributed by atoms with Crippen molar-refractivity contribution in [1.82, 2.24) is 14.9 Å². The average molecular weight is 394 g/mol. The van der Waals surface area contributed by atoms with Crippen molar-refractivity contribution in [2.75, 3.05) is 13.1 Å². The first-order chi connectivity index (χ1) is 14.8. The van der Waals surface area contributed by atoms with Crippen LogP contribution in [0.4, 0.5) is 0 Å². The molecule has 1 aromatic heterocycles. The Labute approximate surface area is 178 Å². The van der Waals surface area contributed by atoms with Crippen LogP contribution in [0.3, 0.4) is 0 Å². The first kappa shape index (κ1) is 18.8. The summed E-state index contributed by atoms with van der Waals surface area (Å²) in [6, 6.07) is 30.0. The molecule has 0 aliphatic carbocycles. The molecule has 2 heterocycles. The molecule has 1 saturated heterocycles. The third-order valence-corrected chi connectivity index (χ3v) is 6.11. The van der Waals surface area contributed by atoms with Crippen molar-refractivity contribution in [3.8, 4) is 22.4 Å². The molecule has 5 rings (SSSR count). The lowest BCUT2D eigenvalue weighted by molar-refractivity contribution is 0.202. The number of likely N-dealkylation sites (tertiary alicyclic amines) is 1. The molecular weight excluding hydrogens is 366 g/mol. The number of H-pyrrole nitrogens is 1. The molecule has 150 valence electrons. The van der Waals surface area contributed by atoms with Crippen LogP contribution in [0.1, 0.15) is 30.1 Å². The Morgan fingerprint density at radius 3 is 2.03 bits per heavy atom. The van der Waals surface area contributed by atoms with Gasteiger partial charge in [-0.25, -0.2) is 4.98 Å². The zero-order chi connectivity index (χ0) is 20.2. The van der Waals surface area contributed by atoms with Gasteiger partial charge in [-0.3, -0.25) is 4.90 Å². The van der Waals surface area contributed by atoms with E-state index in [2.05, 4.69) is 101 Å². The fraction of sp³-hybridized carbons (Fsp3) is 0.222. The maximum absolute atomic E-state index is 4.94. The topological polar surface area (TPSA) is 31.9 Å². The smallest absolute Gasteiger partial charge is 0.110 e. The van der Waals surface area contributed by atoms with E-state index < -0.39 is 0 Å². The highest BCUT2D eigenvalue weighted by Gasteiger charge is 2.23. The van der Waals surface area contributed by atoms with Crippen molar-refractivity contribution < 1.29 is 0 Å². The minimum Gasteiger partial charge on any atom is -0.348 e. The summed E-state index contributed by atoms with van der Waals surface area (Å²) in [4.78, 5) is 11.0. The Hall–Kier alpha value is -3.17. The van der Waals surface area contributed by atoms with Gasteiger partial charge in [-0.15, -0.1) is 0 Å². The van der Waals surface area contributed by atoms with Crippen LogP contribution >= 0.6 is 0 Å². The molecule has 1 fully saturated rings. The van der Waals surface area contributed by atoms with Crippen molar-refractivity contribution in [3.05, 3.63) is 103 Å². The van der Waals surface area contributed by atoms with E-state index in [-0.39, 0.29) is 0 Å². The minimum atomic E-state index is 0.523. The molecular formula is C27H27N3. The number of nitrogens with zero attached hydrogens (tertiary/aromatic N) is 2. The van der Waals surface area contributed by atoms with E-state index in [1.165, 1.54) is 22.3 Å². The van der Waals surface area contributed by atoms with Crippen molar-refractivity contribution in [3.63, 3.8) is 0 Å². The largest absolute Gasteiger partial charge is 0.348 e. The summed E-state index contributed by atoms with van der Waals surface area (Å²) in [5.74, 6) is 1.66. The summed E-state index contributed by atoms with van der Waals surface area (Å²) in [5, 5.41) is 0. The Balaban J connectivity index is 1.22. The van der Waals surface area contributed by atoms with E-state index in [0.29, 0.717) is 5.92 Å². The number of aromatic nitrogens is 2. The van der Waals surface area contributed by atoms with Gasteiger partial charge in [0.2, 0.25) is 0 Å². The van der Waals surface area contributed by atoms with Crippen molar-refractivity contribution in [1.29, 1.82) is 0 Å². The SMILES string of the molecule is c1ccc(CN2CCC(c3nc(-c4ccc(-c5ccccc5)cc4)c[nH]3)CC2)cc1. The number of hydrogen-bond acceptors (Lipinski definition) is 2. The number of hydrogen-bond donors (Lipinski definition) is 1. The van der Waals surface area contributed by atoms with Gasteiger partial charge in [0.25, 0.3) is 0 Å². The second kappa shape index (κ2) is 8.68. The third-order valence-electron chi connectivity index (χ3n) is 6.11. The monoisotopic (exact) mass is 393 g/mol. The molecule has 3 nitrogen and oxygen atoms in total. The molecule has 0 saturated carbocycles. The minimum absolute atomic E-state index is 0.523. The van der Waals surface area contributed by atoms with Gasteiger partial charge in [0.1, 0.15) is 5.82 Å². The van der Waals surface area contributed by atoms with E-state index >= 15 is 0 Å². The molecule has 3 aromatic carbocycles. The van der Waals surface area contributed by atoms with Crippen LogP contribution in [0.25, 0.3) is 22.4 Å². The highest BCUT2D eigenvalue weighted by molar-refractivity contribution is 5.68. The predicted octanol–water partition coefficient (Wildman–Crippen LogP) is 6.12. The van der Waals surface area contributed by atoms with Crippen LogP contribution in [0, 0.1) is 0 Å². The van der Waals surface area contributed by atoms with E-state index in [4.69, 9.17) is 4.98 Å². The van der Waals surface area contributed by atoms with E-state index in [9.17, 15) is 0 Å². The number of benzene rings is 3. The van der Waals surface area contributed by atoms with Crippen LogP contribution in [0.5, 0.6) is 0 Å². The first-order valence-corrected chi connectivity index (χ1v) is 10.8. The van der Waals surface area contributed by atoms with Gasteiger partial charge in [0.05, 0.1) is 5.69 Å². The molecule has 1 aliphatic heterocycles. The molecule has 3 heteroatoms. The quantitative estimate of drug-likeness (QED) is 0.443. The normalized spacial score (nSPS) is 15.3. The molecule has 0 spiro atoms. The lowest BCUT2D eigenvalue weighted by Gasteiger charge is -2.31. The summed E-state index contributed by atoms with van der Waals surface area (Å²) in [6.07, 6.45) is 4.38. The van der Waals surface area contributed by atoms with Crippen LogP contribution in [0.2, 0.25) is 0 Å². The number of aromatic amines is 1. The summed E-state index contributed by atoms with van der Waals surface area (Å²) in [6.45, 7) is 3.30. The molecule has 30 heavy (non-hydrogen) atoms. The first-order valence-electron chi connectivity index (χ1n) is 10.8. The zero-order valence-electron chi connectivity index (χ0n) is 17.2. The second-order valence-electron chi connectivity index (χ2n) is 8.15. The molecule has 0 radical (unpaired) electrons. The summed E-state index contributed by atoms with van der Waals surface area (Å²) in [5.41, 5.74) is 6.08. The number of rotatable bonds is 5. The van der Waals surface area contributed by atoms with Crippen LogP contribution in [-0.4, -0.2) is 28.0 Å². The summed E-state index contributed by atoms with van der Waals surface area (Å²) in [7, 11) is 0. The lowest BCUT2D eigenvalue weighted by Crippen LogP contribution is -2.32. The van der Waals surface area contributed by atoms with Crippen LogP contribution in [-0.2, 0) is 6.54 Å². The molecule has 0 bridgehead atoms. The van der Waals surface area contributed by atoms with Gasteiger partial charge in [0, 0.05) is 24.2 Å². The fourth-order valence-electron chi connectivity index (χ4n) is 4.36. The van der Waals surface area contributed by atoms with Gasteiger partial charge < -0.3 is 4.98 Å². The molecule has 0 atom stereocenters.